The van der Waals surface area contributed by atoms with Crippen LogP contribution >= 0.6 is 15.9 Å². The fourth-order valence-electron chi connectivity index (χ4n) is 0.803. The van der Waals surface area contributed by atoms with E-state index in [-0.39, 0.29) is 5.91 Å². The highest BCUT2D eigenvalue weighted by molar-refractivity contribution is 9.09. The Balaban J connectivity index is 3.25. The SMILES string of the molecule is CS(=O)CCNC(=O)CCCCBr. The largest absolute Gasteiger partial charge is 0.355 e. The molecule has 0 aliphatic carbocycles. The topological polar surface area (TPSA) is 46.2 Å². The average molecular weight is 270 g/mol. The zero-order valence-electron chi connectivity index (χ0n) is 7.85. The molecule has 0 aromatic carbocycles. The van der Waals surface area contributed by atoms with E-state index < -0.39 is 10.8 Å². The van der Waals surface area contributed by atoms with Crippen LogP contribution in [0.15, 0.2) is 0 Å². The van der Waals surface area contributed by atoms with Crippen molar-refractivity contribution in [3.8, 4) is 0 Å². The minimum absolute atomic E-state index is 0.0615. The summed E-state index contributed by atoms with van der Waals surface area (Å²) in [4.78, 5) is 11.1. The Labute approximate surface area is 90.2 Å². The van der Waals surface area contributed by atoms with Crippen LogP contribution in [-0.4, -0.2) is 34.0 Å². The van der Waals surface area contributed by atoms with Crippen molar-refractivity contribution in [2.75, 3.05) is 23.9 Å². The minimum Gasteiger partial charge on any atom is -0.355 e. The van der Waals surface area contributed by atoms with Crippen LogP contribution in [0.25, 0.3) is 0 Å². The molecule has 0 aromatic heterocycles. The number of alkyl halides is 1. The molecule has 5 heteroatoms. The van der Waals surface area contributed by atoms with Gasteiger partial charge in [0.25, 0.3) is 0 Å². The van der Waals surface area contributed by atoms with Gasteiger partial charge in [-0.15, -0.1) is 0 Å². The van der Waals surface area contributed by atoms with Gasteiger partial charge in [0, 0.05) is 41.1 Å². The highest BCUT2D eigenvalue weighted by Gasteiger charge is 1.99. The Hall–Kier alpha value is 0.1000. The van der Waals surface area contributed by atoms with Crippen molar-refractivity contribution in [3.63, 3.8) is 0 Å². The summed E-state index contributed by atoms with van der Waals surface area (Å²) in [6.07, 6.45) is 4.14. The molecule has 13 heavy (non-hydrogen) atoms. The van der Waals surface area contributed by atoms with Crippen molar-refractivity contribution in [3.05, 3.63) is 0 Å². The molecule has 0 heterocycles. The molecule has 0 saturated carbocycles. The highest BCUT2D eigenvalue weighted by atomic mass is 79.9. The molecule has 1 amide bonds. The molecule has 1 N–H and O–H groups in total. The summed E-state index contributed by atoms with van der Waals surface area (Å²) in [7, 11) is -0.812. The fourth-order valence-corrected chi connectivity index (χ4v) is 1.59. The van der Waals surface area contributed by atoms with Crippen molar-refractivity contribution in [2.45, 2.75) is 19.3 Å². The predicted molar refractivity (Wildman–Crippen MR) is 59.6 cm³/mol. The lowest BCUT2D eigenvalue weighted by molar-refractivity contribution is -0.121. The number of unbranched alkanes of at least 4 members (excludes halogenated alkanes) is 1. The van der Waals surface area contributed by atoms with Gasteiger partial charge >= 0.3 is 0 Å². The van der Waals surface area contributed by atoms with E-state index in [1.54, 1.807) is 6.26 Å². The summed E-state index contributed by atoms with van der Waals surface area (Å²) in [6.45, 7) is 0.524. The van der Waals surface area contributed by atoms with Gasteiger partial charge in [-0.25, -0.2) is 0 Å². The van der Waals surface area contributed by atoms with Gasteiger partial charge in [-0.05, 0) is 12.8 Å². The smallest absolute Gasteiger partial charge is 0.220 e. The van der Waals surface area contributed by atoms with E-state index in [1.807, 2.05) is 0 Å². The molecule has 0 saturated heterocycles. The summed E-state index contributed by atoms with van der Waals surface area (Å²) in [5.41, 5.74) is 0. The zero-order valence-corrected chi connectivity index (χ0v) is 10.2. The van der Waals surface area contributed by atoms with Gasteiger partial charge in [0.2, 0.25) is 5.91 Å². The Morgan fingerprint density at radius 2 is 2.15 bits per heavy atom. The van der Waals surface area contributed by atoms with E-state index in [0.717, 1.165) is 18.2 Å². The quantitative estimate of drug-likeness (QED) is 0.555. The molecule has 1 atom stereocenters. The van der Waals surface area contributed by atoms with Gasteiger partial charge in [-0.3, -0.25) is 9.00 Å². The Morgan fingerprint density at radius 3 is 2.69 bits per heavy atom. The molecule has 0 bridgehead atoms. The maximum absolute atomic E-state index is 11.1. The van der Waals surface area contributed by atoms with Crippen molar-refractivity contribution in [2.24, 2.45) is 0 Å². The van der Waals surface area contributed by atoms with Gasteiger partial charge < -0.3 is 5.32 Å². The number of amides is 1. The molecular weight excluding hydrogens is 254 g/mol. The van der Waals surface area contributed by atoms with Crippen LogP contribution in [0.1, 0.15) is 19.3 Å². The molecule has 78 valence electrons. The lowest BCUT2D eigenvalue weighted by atomic mass is 10.2. The van der Waals surface area contributed by atoms with E-state index in [0.29, 0.717) is 18.7 Å². The molecule has 0 aliphatic rings. The Kier molecular flexibility index (Phi) is 8.75. The molecule has 0 fully saturated rings. The Bertz CT molecular complexity index is 176. The van der Waals surface area contributed by atoms with Gasteiger partial charge in [0.15, 0.2) is 0 Å². The highest BCUT2D eigenvalue weighted by Crippen LogP contribution is 1.97. The van der Waals surface area contributed by atoms with Crippen LogP contribution in [0.4, 0.5) is 0 Å². The monoisotopic (exact) mass is 269 g/mol. The van der Waals surface area contributed by atoms with Crippen LogP contribution in [0.5, 0.6) is 0 Å². The van der Waals surface area contributed by atoms with Crippen LogP contribution in [-0.2, 0) is 15.6 Å². The number of carbonyl (C=O) groups is 1. The second-order valence-corrected chi connectivity index (χ2v) is 5.12. The van der Waals surface area contributed by atoms with Gasteiger partial charge in [-0.2, -0.15) is 0 Å². The maximum Gasteiger partial charge on any atom is 0.220 e. The lowest BCUT2D eigenvalue weighted by Gasteiger charge is -2.02. The first-order valence-corrected chi connectivity index (χ1v) is 7.14. The lowest BCUT2D eigenvalue weighted by Crippen LogP contribution is -2.27. The summed E-state index contributed by atoms with van der Waals surface area (Å²) in [5, 5.41) is 3.67. The standard InChI is InChI=1S/C8H16BrNO2S/c1-13(12)7-6-10-8(11)4-2-3-5-9/h2-7H2,1H3,(H,10,11). The predicted octanol–water partition coefficient (Wildman–Crippen LogP) is 1.05. The van der Waals surface area contributed by atoms with Crippen molar-refractivity contribution < 1.29 is 9.00 Å². The number of nitrogens with one attached hydrogen (secondary N) is 1. The number of hydrogen-bond donors (Lipinski definition) is 1. The Morgan fingerprint density at radius 1 is 1.46 bits per heavy atom. The summed E-state index contributed by atoms with van der Waals surface area (Å²) >= 11 is 3.30. The molecule has 0 rings (SSSR count). The van der Waals surface area contributed by atoms with Crippen LogP contribution in [0.3, 0.4) is 0 Å². The third kappa shape index (κ3) is 10.0. The first kappa shape index (κ1) is 13.1. The van der Waals surface area contributed by atoms with E-state index >= 15 is 0 Å². The molecule has 1 unspecified atom stereocenters. The summed E-state index contributed by atoms with van der Waals surface area (Å²) in [6, 6.07) is 0. The fraction of sp³-hybridized carbons (Fsp3) is 0.875. The maximum atomic E-state index is 11.1. The van der Waals surface area contributed by atoms with E-state index in [2.05, 4.69) is 21.2 Å². The van der Waals surface area contributed by atoms with Crippen LogP contribution in [0.2, 0.25) is 0 Å². The molecule has 0 aliphatic heterocycles. The van der Waals surface area contributed by atoms with Crippen molar-refractivity contribution in [1.82, 2.24) is 5.32 Å². The van der Waals surface area contributed by atoms with Crippen molar-refractivity contribution >= 4 is 32.6 Å². The third-order valence-corrected chi connectivity index (χ3v) is 2.84. The van der Waals surface area contributed by atoms with Gasteiger partial charge in [0.05, 0.1) is 0 Å². The molecule has 0 spiro atoms. The summed E-state index contributed by atoms with van der Waals surface area (Å²) in [5.74, 6) is 0.607. The van der Waals surface area contributed by atoms with Gasteiger partial charge in [-0.1, -0.05) is 15.9 Å². The molecule has 3 nitrogen and oxygen atoms in total. The zero-order chi connectivity index (χ0) is 10.1. The van der Waals surface area contributed by atoms with E-state index in [4.69, 9.17) is 0 Å². The van der Waals surface area contributed by atoms with Gasteiger partial charge in [0.1, 0.15) is 0 Å². The number of hydrogen-bond acceptors (Lipinski definition) is 2. The first-order valence-electron chi connectivity index (χ1n) is 4.29. The molecule has 0 aromatic rings. The van der Waals surface area contributed by atoms with E-state index in [1.165, 1.54) is 0 Å². The summed E-state index contributed by atoms with van der Waals surface area (Å²) < 4.78 is 10.6. The normalized spacial score (nSPS) is 12.5. The van der Waals surface area contributed by atoms with Crippen LogP contribution < -0.4 is 5.32 Å². The molecular formula is C8H16BrNO2S. The van der Waals surface area contributed by atoms with Crippen LogP contribution in [0, 0.1) is 0 Å². The van der Waals surface area contributed by atoms with Crippen molar-refractivity contribution in [1.29, 1.82) is 0 Å². The number of rotatable bonds is 7. The third-order valence-electron chi connectivity index (χ3n) is 1.50. The number of carbonyl (C=O) groups excluding carboxylic acids is 1. The average Bonchev–Trinajstić information content (AvgIpc) is 2.04. The second kappa shape index (κ2) is 8.69. The minimum atomic E-state index is -0.812. The second-order valence-electron chi connectivity index (χ2n) is 2.77. The number of halogens is 1. The van der Waals surface area contributed by atoms with E-state index in [9.17, 15) is 9.00 Å². The first-order chi connectivity index (χ1) is 6.16. The molecule has 0 radical (unpaired) electrons.